The first-order valence-corrected chi connectivity index (χ1v) is 10.2. The zero-order valence-corrected chi connectivity index (χ0v) is 16.1. The van der Waals surface area contributed by atoms with Crippen LogP contribution in [0.3, 0.4) is 0 Å². The van der Waals surface area contributed by atoms with Gasteiger partial charge in [0.05, 0.1) is 23.3 Å². The van der Waals surface area contributed by atoms with Gasteiger partial charge >= 0.3 is 5.97 Å². The number of aliphatic imine (C=N–C) groups is 1. The van der Waals surface area contributed by atoms with Crippen LogP contribution in [0, 0.1) is 0 Å². The lowest BCUT2D eigenvalue weighted by molar-refractivity contribution is 0.0697. The Morgan fingerprint density at radius 1 is 1.18 bits per heavy atom. The number of hydrogen-bond donors (Lipinski definition) is 2. The summed E-state index contributed by atoms with van der Waals surface area (Å²) in [5.74, 6) is 0.546. The Kier molecular flexibility index (Phi) is 4.11. The minimum atomic E-state index is -0.888. The summed E-state index contributed by atoms with van der Waals surface area (Å²) in [6, 6.07) is 5.86. The molecule has 0 bridgehead atoms. The van der Waals surface area contributed by atoms with Gasteiger partial charge in [-0.3, -0.25) is 4.99 Å². The molecule has 5 heteroatoms. The van der Waals surface area contributed by atoms with E-state index in [-0.39, 0.29) is 12.1 Å². The smallest absolute Gasteiger partial charge is 0.335 e. The highest BCUT2D eigenvalue weighted by molar-refractivity contribution is 6.07. The van der Waals surface area contributed by atoms with Crippen molar-refractivity contribution in [1.29, 1.82) is 0 Å². The van der Waals surface area contributed by atoms with Gasteiger partial charge in [-0.15, -0.1) is 0 Å². The van der Waals surface area contributed by atoms with Crippen LogP contribution in [0.5, 0.6) is 0 Å². The fourth-order valence-corrected chi connectivity index (χ4v) is 5.02. The SMILES string of the molecule is Cn1c(C2=NC3C=CC=CC3N2)c(C2CCCCC2)c2ccc(C(=O)O)cc21. The van der Waals surface area contributed by atoms with Gasteiger partial charge in [0.25, 0.3) is 0 Å². The highest BCUT2D eigenvalue weighted by Crippen LogP contribution is 2.40. The second-order valence-corrected chi connectivity index (χ2v) is 8.10. The predicted octanol–water partition coefficient (Wildman–Crippen LogP) is 4.14. The van der Waals surface area contributed by atoms with Crippen molar-refractivity contribution in [2.45, 2.75) is 50.1 Å². The third kappa shape index (κ3) is 2.68. The predicted molar refractivity (Wildman–Crippen MR) is 111 cm³/mol. The number of allylic oxidation sites excluding steroid dienone is 2. The maximum absolute atomic E-state index is 11.5. The molecule has 5 nitrogen and oxygen atoms in total. The van der Waals surface area contributed by atoms with Gasteiger partial charge < -0.3 is 15.0 Å². The number of carbonyl (C=O) groups is 1. The Labute approximate surface area is 164 Å². The second kappa shape index (κ2) is 6.66. The molecular formula is C23H25N3O2. The molecule has 2 aliphatic carbocycles. The number of aromatic carboxylic acids is 1. The number of fused-ring (bicyclic) bond motifs is 2. The van der Waals surface area contributed by atoms with E-state index in [1.165, 1.54) is 43.1 Å². The molecule has 144 valence electrons. The highest BCUT2D eigenvalue weighted by atomic mass is 16.4. The molecular weight excluding hydrogens is 350 g/mol. The number of hydrogen-bond acceptors (Lipinski definition) is 3. The summed E-state index contributed by atoms with van der Waals surface area (Å²) in [5, 5.41) is 14.2. The fraction of sp³-hybridized carbons (Fsp3) is 0.391. The topological polar surface area (TPSA) is 66.6 Å². The first-order valence-electron chi connectivity index (χ1n) is 10.2. The van der Waals surface area contributed by atoms with Crippen LogP contribution in [0.1, 0.15) is 59.6 Å². The normalized spacial score (nSPS) is 24.2. The third-order valence-electron chi connectivity index (χ3n) is 6.41. The molecule has 1 saturated carbocycles. The lowest BCUT2D eigenvalue weighted by Crippen LogP contribution is -2.34. The lowest BCUT2D eigenvalue weighted by atomic mass is 9.82. The van der Waals surface area contributed by atoms with E-state index in [4.69, 9.17) is 4.99 Å². The van der Waals surface area contributed by atoms with Gasteiger partial charge in [-0.1, -0.05) is 49.6 Å². The number of nitrogens with zero attached hydrogens (tertiary/aromatic N) is 2. The Balaban J connectivity index is 1.70. The second-order valence-electron chi connectivity index (χ2n) is 8.10. The summed E-state index contributed by atoms with van der Waals surface area (Å²) in [6.45, 7) is 0. The Morgan fingerprint density at radius 2 is 1.96 bits per heavy atom. The maximum Gasteiger partial charge on any atom is 0.335 e. The van der Waals surface area contributed by atoms with Gasteiger partial charge in [0.15, 0.2) is 0 Å². The minimum Gasteiger partial charge on any atom is -0.478 e. The molecule has 2 atom stereocenters. The van der Waals surface area contributed by atoms with Crippen molar-refractivity contribution in [2.24, 2.45) is 12.0 Å². The van der Waals surface area contributed by atoms with Crippen molar-refractivity contribution in [3.63, 3.8) is 0 Å². The molecule has 0 saturated heterocycles. The van der Waals surface area contributed by atoms with Crippen LogP contribution in [0.2, 0.25) is 0 Å². The number of nitrogens with one attached hydrogen (secondary N) is 1. The van der Waals surface area contributed by atoms with Gasteiger partial charge in [-0.05, 0) is 36.5 Å². The van der Waals surface area contributed by atoms with E-state index in [0.717, 1.165) is 17.0 Å². The van der Waals surface area contributed by atoms with Gasteiger partial charge in [-0.2, -0.15) is 0 Å². The molecule has 1 aromatic heterocycles. The third-order valence-corrected chi connectivity index (χ3v) is 6.41. The quantitative estimate of drug-likeness (QED) is 0.847. The zero-order valence-electron chi connectivity index (χ0n) is 16.1. The molecule has 2 heterocycles. The average molecular weight is 375 g/mol. The van der Waals surface area contributed by atoms with Crippen molar-refractivity contribution in [2.75, 3.05) is 0 Å². The van der Waals surface area contributed by atoms with Crippen LogP contribution in [-0.2, 0) is 7.05 Å². The lowest BCUT2D eigenvalue weighted by Gasteiger charge is -2.23. The minimum absolute atomic E-state index is 0.131. The summed E-state index contributed by atoms with van der Waals surface area (Å²) in [7, 11) is 2.04. The zero-order chi connectivity index (χ0) is 19.3. The Hall–Kier alpha value is -2.82. The van der Waals surface area contributed by atoms with Crippen LogP contribution in [0.15, 0.2) is 47.5 Å². The number of aryl methyl sites for hydroxylation is 1. The molecule has 1 aromatic carbocycles. The largest absolute Gasteiger partial charge is 0.478 e. The Bertz CT molecular complexity index is 1040. The standard InChI is InChI=1S/C23H25N3O2/c1-26-19-13-15(23(27)28)11-12-16(19)20(14-7-3-2-4-8-14)21(26)22-24-17-9-5-6-10-18(17)25-22/h5-6,9-14,17-18H,2-4,7-8H2,1H3,(H,24,25)(H,27,28). The van der Waals surface area contributed by atoms with Crippen molar-refractivity contribution in [3.8, 4) is 0 Å². The summed E-state index contributed by atoms with van der Waals surface area (Å²) in [4.78, 5) is 16.5. The molecule has 2 unspecified atom stereocenters. The molecule has 0 spiro atoms. The van der Waals surface area contributed by atoms with Gasteiger partial charge in [0, 0.05) is 18.0 Å². The molecule has 2 N–H and O–H groups in total. The van der Waals surface area contributed by atoms with E-state index < -0.39 is 5.97 Å². The van der Waals surface area contributed by atoms with E-state index in [9.17, 15) is 9.90 Å². The molecule has 5 rings (SSSR count). The number of benzene rings is 1. The van der Waals surface area contributed by atoms with E-state index in [2.05, 4.69) is 34.2 Å². The molecule has 0 amide bonds. The number of carboxylic acid groups (broad SMARTS) is 1. The van der Waals surface area contributed by atoms with E-state index in [0.29, 0.717) is 11.5 Å². The number of aromatic nitrogens is 1. The van der Waals surface area contributed by atoms with Crippen molar-refractivity contribution < 1.29 is 9.90 Å². The highest BCUT2D eigenvalue weighted by Gasteiger charge is 2.33. The van der Waals surface area contributed by atoms with E-state index >= 15 is 0 Å². The van der Waals surface area contributed by atoms with E-state index in [1.54, 1.807) is 12.1 Å². The van der Waals surface area contributed by atoms with Crippen LogP contribution < -0.4 is 5.32 Å². The van der Waals surface area contributed by atoms with Crippen LogP contribution in [-0.4, -0.2) is 33.6 Å². The van der Waals surface area contributed by atoms with E-state index in [1.807, 2.05) is 13.1 Å². The fourth-order valence-electron chi connectivity index (χ4n) is 5.02. The van der Waals surface area contributed by atoms with Crippen LogP contribution in [0.4, 0.5) is 0 Å². The molecule has 0 radical (unpaired) electrons. The summed E-state index contributed by atoms with van der Waals surface area (Å²) >= 11 is 0. The molecule has 28 heavy (non-hydrogen) atoms. The molecule has 2 aromatic rings. The summed E-state index contributed by atoms with van der Waals surface area (Å²) in [6.07, 6.45) is 14.6. The van der Waals surface area contributed by atoms with Crippen molar-refractivity contribution in [3.05, 3.63) is 59.3 Å². The van der Waals surface area contributed by atoms with Crippen molar-refractivity contribution >= 4 is 22.7 Å². The first kappa shape index (κ1) is 17.3. The first-order chi connectivity index (χ1) is 13.6. The van der Waals surface area contributed by atoms with Gasteiger partial charge in [-0.25, -0.2) is 4.79 Å². The molecule has 1 fully saturated rings. The monoisotopic (exact) mass is 375 g/mol. The van der Waals surface area contributed by atoms with Crippen LogP contribution >= 0.6 is 0 Å². The molecule has 3 aliphatic rings. The summed E-state index contributed by atoms with van der Waals surface area (Å²) in [5.41, 5.74) is 3.77. The van der Waals surface area contributed by atoms with Crippen molar-refractivity contribution in [1.82, 2.24) is 9.88 Å². The number of rotatable bonds is 3. The van der Waals surface area contributed by atoms with Crippen LogP contribution in [0.25, 0.3) is 10.9 Å². The van der Waals surface area contributed by atoms with Gasteiger partial charge in [0.2, 0.25) is 0 Å². The maximum atomic E-state index is 11.5. The van der Waals surface area contributed by atoms with Gasteiger partial charge in [0.1, 0.15) is 5.84 Å². The Morgan fingerprint density at radius 3 is 2.71 bits per heavy atom. The average Bonchev–Trinajstić information content (AvgIpc) is 3.27. The summed E-state index contributed by atoms with van der Waals surface area (Å²) < 4.78 is 2.14. The number of carboxylic acids is 1. The number of amidine groups is 1. The molecule has 1 aliphatic heterocycles.